The van der Waals surface area contributed by atoms with Crippen LogP contribution in [0.15, 0.2) is 101 Å². The summed E-state index contributed by atoms with van der Waals surface area (Å²) in [4.78, 5) is 9.20. The third kappa shape index (κ3) is 6.15. The molecule has 29 heavy (non-hydrogen) atoms. The van der Waals surface area contributed by atoms with Crippen LogP contribution in [0.1, 0.15) is 33.3 Å². The molecule has 2 N–H and O–H groups in total. The van der Waals surface area contributed by atoms with Gasteiger partial charge < -0.3 is 5.73 Å². The zero-order valence-corrected chi connectivity index (χ0v) is 18.1. The fraction of sp³-hybridized carbons (Fsp3) is 0.231. The highest BCUT2D eigenvalue weighted by atomic mass is 14.8. The molecular formula is C26H31N3. The monoisotopic (exact) mass is 385 g/mol. The molecule has 0 bridgehead atoms. The minimum atomic E-state index is -0.185. The molecule has 0 aliphatic rings. The molecule has 0 aliphatic heterocycles. The molecule has 0 amide bonds. The molecule has 150 valence electrons. The summed E-state index contributed by atoms with van der Waals surface area (Å²) in [6.45, 7) is 8.37. The minimum absolute atomic E-state index is 0.185. The predicted octanol–water partition coefficient (Wildman–Crippen LogP) is 6.47. The predicted molar refractivity (Wildman–Crippen MR) is 128 cm³/mol. The Morgan fingerprint density at radius 3 is 2.21 bits per heavy atom. The van der Waals surface area contributed by atoms with Crippen molar-refractivity contribution in [3.63, 3.8) is 0 Å². The first kappa shape index (κ1) is 22.1. The fourth-order valence-corrected chi connectivity index (χ4v) is 3.14. The maximum Gasteiger partial charge on any atom is 0.0862 e. The lowest BCUT2D eigenvalue weighted by Crippen LogP contribution is -2.27. The number of allylic oxidation sites excluding steroid dienone is 6. The van der Waals surface area contributed by atoms with Crippen LogP contribution < -0.4 is 5.73 Å². The molecule has 0 unspecified atom stereocenters. The molecule has 0 spiro atoms. The smallest absolute Gasteiger partial charge is 0.0862 e. The van der Waals surface area contributed by atoms with Crippen molar-refractivity contribution in [2.24, 2.45) is 9.98 Å². The van der Waals surface area contributed by atoms with Crippen molar-refractivity contribution in [2.75, 3.05) is 12.8 Å². The zero-order chi connectivity index (χ0) is 21.3. The van der Waals surface area contributed by atoms with Crippen molar-refractivity contribution in [3.05, 3.63) is 96.1 Å². The Hall–Kier alpha value is -3.20. The van der Waals surface area contributed by atoms with Crippen LogP contribution in [0, 0.1) is 0 Å². The van der Waals surface area contributed by atoms with Gasteiger partial charge in [0.2, 0.25) is 0 Å². The normalized spacial score (nSPS) is 14.2. The number of nitrogens with zero attached hydrogens (tertiary/aromatic N) is 2. The van der Waals surface area contributed by atoms with Crippen LogP contribution in [0.4, 0.5) is 11.4 Å². The number of nitrogen functional groups attached to an aromatic ring is 1. The van der Waals surface area contributed by atoms with E-state index < -0.39 is 0 Å². The van der Waals surface area contributed by atoms with Gasteiger partial charge in [-0.1, -0.05) is 74.5 Å². The summed E-state index contributed by atoms with van der Waals surface area (Å²) in [5.74, 6) is 0. The standard InChI is InChI=1S/C26H31N3/c1-6-12-21(19-20(2)29-24-16-11-10-15-23(24)27)17-18-25(28-5)26(3,4)22-13-8-7-9-14-22/h6-19H,27H2,1-5H3/b12-6-,18-17+,21-19+,28-25?,29-20?. The molecule has 0 radical (unpaired) electrons. The largest absolute Gasteiger partial charge is 0.397 e. The van der Waals surface area contributed by atoms with E-state index in [9.17, 15) is 0 Å². The van der Waals surface area contributed by atoms with Gasteiger partial charge >= 0.3 is 0 Å². The highest BCUT2D eigenvalue weighted by molar-refractivity contribution is 6.03. The second-order valence-corrected chi connectivity index (χ2v) is 7.39. The van der Waals surface area contributed by atoms with E-state index >= 15 is 0 Å². The SMILES string of the molecule is C\C=C/C(/C=C/C(=NC)C(C)(C)c1ccccc1)=C\C(C)=Nc1ccccc1N. The first-order valence-corrected chi connectivity index (χ1v) is 9.83. The van der Waals surface area contributed by atoms with Gasteiger partial charge in [0, 0.05) is 23.9 Å². The summed E-state index contributed by atoms with van der Waals surface area (Å²) in [6, 6.07) is 18.1. The number of benzene rings is 2. The Bertz CT molecular complexity index is 958. The fourth-order valence-electron chi connectivity index (χ4n) is 3.14. The average Bonchev–Trinajstić information content (AvgIpc) is 2.70. The summed E-state index contributed by atoms with van der Waals surface area (Å²) in [7, 11) is 1.84. The third-order valence-electron chi connectivity index (χ3n) is 4.78. The van der Waals surface area contributed by atoms with Crippen LogP contribution in [0.5, 0.6) is 0 Å². The summed E-state index contributed by atoms with van der Waals surface area (Å²) < 4.78 is 0. The van der Waals surface area contributed by atoms with Crippen LogP contribution in [0.2, 0.25) is 0 Å². The van der Waals surface area contributed by atoms with Crippen LogP contribution in [0.25, 0.3) is 0 Å². The van der Waals surface area contributed by atoms with Crippen molar-refractivity contribution < 1.29 is 0 Å². The molecule has 0 aliphatic carbocycles. The van der Waals surface area contributed by atoms with Crippen molar-refractivity contribution in [2.45, 2.75) is 33.1 Å². The Labute approximate surface area is 175 Å². The van der Waals surface area contributed by atoms with Gasteiger partial charge in [-0.15, -0.1) is 0 Å². The maximum atomic E-state index is 6.01. The first-order valence-electron chi connectivity index (χ1n) is 9.83. The van der Waals surface area contributed by atoms with Gasteiger partial charge in [-0.25, -0.2) is 0 Å². The quantitative estimate of drug-likeness (QED) is 0.331. The van der Waals surface area contributed by atoms with E-state index in [1.807, 2.05) is 63.4 Å². The molecule has 3 nitrogen and oxygen atoms in total. The lowest BCUT2D eigenvalue weighted by Gasteiger charge is -2.25. The van der Waals surface area contributed by atoms with E-state index in [-0.39, 0.29) is 5.41 Å². The molecule has 3 heteroatoms. The minimum Gasteiger partial charge on any atom is -0.397 e. The third-order valence-corrected chi connectivity index (χ3v) is 4.78. The highest BCUT2D eigenvalue weighted by Gasteiger charge is 2.24. The molecule has 0 aromatic heterocycles. The van der Waals surface area contributed by atoms with Gasteiger partial charge in [0.05, 0.1) is 11.4 Å². The van der Waals surface area contributed by atoms with Gasteiger partial charge in [0.15, 0.2) is 0 Å². The molecule has 0 saturated heterocycles. The van der Waals surface area contributed by atoms with Crippen LogP contribution >= 0.6 is 0 Å². The van der Waals surface area contributed by atoms with Crippen LogP contribution in [-0.2, 0) is 5.41 Å². The zero-order valence-electron chi connectivity index (χ0n) is 18.1. The Morgan fingerprint density at radius 1 is 0.931 bits per heavy atom. The van der Waals surface area contributed by atoms with Gasteiger partial charge in [-0.05, 0) is 49.3 Å². The molecule has 0 atom stereocenters. The molecule has 0 saturated carbocycles. The van der Waals surface area contributed by atoms with E-state index in [2.05, 4.69) is 66.3 Å². The first-order chi connectivity index (χ1) is 13.9. The van der Waals surface area contributed by atoms with Crippen LogP contribution in [0.3, 0.4) is 0 Å². The van der Waals surface area contributed by atoms with Gasteiger partial charge in [-0.2, -0.15) is 0 Å². The Balaban J connectivity index is 2.32. The van der Waals surface area contributed by atoms with E-state index in [1.54, 1.807) is 0 Å². The highest BCUT2D eigenvalue weighted by Crippen LogP contribution is 2.26. The summed E-state index contributed by atoms with van der Waals surface area (Å²) in [5, 5.41) is 0. The number of anilines is 1. The number of aliphatic imine (C=N–C) groups is 2. The molecular weight excluding hydrogens is 354 g/mol. The number of para-hydroxylation sites is 2. The second-order valence-electron chi connectivity index (χ2n) is 7.39. The number of hydrogen-bond acceptors (Lipinski definition) is 3. The average molecular weight is 386 g/mol. The Morgan fingerprint density at radius 2 is 1.59 bits per heavy atom. The molecule has 0 fully saturated rings. The lowest BCUT2D eigenvalue weighted by molar-refractivity contribution is 0.719. The van der Waals surface area contributed by atoms with Crippen molar-refractivity contribution in [1.82, 2.24) is 0 Å². The van der Waals surface area contributed by atoms with E-state index in [1.165, 1.54) is 5.56 Å². The molecule has 2 rings (SSSR count). The van der Waals surface area contributed by atoms with E-state index in [0.29, 0.717) is 5.69 Å². The number of hydrogen-bond donors (Lipinski definition) is 1. The Kier molecular flexibility index (Phi) is 7.90. The van der Waals surface area contributed by atoms with Crippen molar-refractivity contribution in [1.29, 1.82) is 0 Å². The molecule has 2 aromatic rings. The lowest BCUT2D eigenvalue weighted by atomic mass is 9.79. The van der Waals surface area contributed by atoms with Crippen LogP contribution in [-0.4, -0.2) is 18.5 Å². The van der Waals surface area contributed by atoms with Gasteiger partial charge in [0.25, 0.3) is 0 Å². The van der Waals surface area contributed by atoms with Crippen molar-refractivity contribution in [3.8, 4) is 0 Å². The maximum absolute atomic E-state index is 6.01. The summed E-state index contributed by atoms with van der Waals surface area (Å²) in [6.07, 6.45) is 10.3. The molecule has 0 heterocycles. The number of rotatable bonds is 7. The van der Waals surface area contributed by atoms with Gasteiger partial charge in [0.1, 0.15) is 0 Å². The van der Waals surface area contributed by atoms with E-state index in [0.717, 1.165) is 22.7 Å². The number of nitrogens with two attached hydrogens (primary N) is 1. The summed E-state index contributed by atoms with van der Waals surface area (Å²) >= 11 is 0. The van der Waals surface area contributed by atoms with E-state index in [4.69, 9.17) is 5.73 Å². The van der Waals surface area contributed by atoms with Crippen molar-refractivity contribution >= 4 is 22.8 Å². The molecule has 2 aromatic carbocycles. The second kappa shape index (κ2) is 10.4. The summed E-state index contributed by atoms with van der Waals surface area (Å²) in [5.41, 5.74) is 11.5. The topological polar surface area (TPSA) is 50.7 Å². The van der Waals surface area contributed by atoms with Gasteiger partial charge in [-0.3, -0.25) is 9.98 Å².